The number of hydrogen-bond acceptors (Lipinski definition) is 3. The first kappa shape index (κ1) is 14.1. The maximum atomic E-state index is 11.9. The van der Waals surface area contributed by atoms with Crippen molar-refractivity contribution in [3.63, 3.8) is 0 Å². The number of aliphatic carboxylic acids is 1. The molecule has 0 amide bonds. The molecule has 0 spiro atoms. The number of ether oxygens (including phenoxy) is 1. The fourth-order valence-corrected chi connectivity index (χ4v) is 4.05. The Balaban J connectivity index is 1.98. The van der Waals surface area contributed by atoms with Gasteiger partial charge in [-0.05, 0) is 49.0 Å². The van der Waals surface area contributed by atoms with Crippen molar-refractivity contribution in [2.45, 2.75) is 58.3 Å². The molecule has 2 saturated heterocycles. The number of hydrogen-bond donors (Lipinski definition) is 1. The normalized spacial score (nSPS) is 31.9. The van der Waals surface area contributed by atoms with Crippen LogP contribution in [0.1, 0.15) is 37.6 Å². The summed E-state index contributed by atoms with van der Waals surface area (Å²) in [4.78, 5) is 11.9. The van der Waals surface area contributed by atoms with Gasteiger partial charge in [-0.1, -0.05) is 0 Å². The van der Waals surface area contributed by atoms with Gasteiger partial charge in [-0.2, -0.15) is 5.10 Å². The molecular formula is C14H19BrN2O3. The van der Waals surface area contributed by atoms with Gasteiger partial charge in [0.25, 0.3) is 0 Å². The molecule has 1 aromatic heterocycles. The number of carboxylic acids is 1. The Morgan fingerprint density at radius 3 is 2.85 bits per heavy atom. The van der Waals surface area contributed by atoms with Gasteiger partial charge in [0.05, 0.1) is 28.1 Å². The van der Waals surface area contributed by atoms with E-state index in [2.05, 4.69) is 21.0 Å². The van der Waals surface area contributed by atoms with Crippen LogP contribution in [0.4, 0.5) is 0 Å². The van der Waals surface area contributed by atoms with Crippen LogP contribution in [0, 0.1) is 12.3 Å². The lowest BCUT2D eigenvalue weighted by molar-refractivity contribution is -0.152. The van der Waals surface area contributed by atoms with Crippen molar-refractivity contribution in [3.8, 4) is 0 Å². The summed E-state index contributed by atoms with van der Waals surface area (Å²) in [5, 5.41) is 14.2. The van der Waals surface area contributed by atoms with Gasteiger partial charge >= 0.3 is 5.97 Å². The van der Waals surface area contributed by atoms with E-state index in [9.17, 15) is 9.90 Å². The molecule has 0 aromatic carbocycles. The Hall–Kier alpha value is -0.880. The Morgan fingerprint density at radius 2 is 2.35 bits per heavy atom. The monoisotopic (exact) mass is 342 g/mol. The number of carboxylic acid groups (broad SMARTS) is 1. The lowest BCUT2D eigenvalue weighted by Gasteiger charge is -2.31. The summed E-state index contributed by atoms with van der Waals surface area (Å²) in [6.07, 6.45) is 2.92. The van der Waals surface area contributed by atoms with E-state index >= 15 is 0 Å². The maximum absolute atomic E-state index is 11.9. The molecule has 110 valence electrons. The maximum Gasteiger partial charge on any atom is 0.312 e. The van der Waals surface area contributed by atoms with Gasteiger partial charge in [0.15, 0.2) is 0 Å². The summed E-state index contributed by atoms with van der Waals surface area (Å²) in [5.74, 6) is -0.738. The quantitative estimate of drug-likeness (QED) is 0.913. The predicted octanol–water partition coefficient (Wildman–Crippen LogP) is 2.54. The minimum Gasteiger partial charge on any atom is -0.481 e. The van der Waals surface area contributed by atoms with Crippen LogP contribution >= 0.6 is 15.9 Å². The molecule has 1 aromatic rings. The molecule has 3 heterocycles. The first-order chi connectivity index (χ1) is 9.48. The SMILES string of the molecule is CCn1nc(C)c(Br)c1CC1(C(=O)O)CC2CCC1O2. The first-order valence-electron chi connectivity index (χ1n) is 7.08. The molecule has 3 unspecified atom stereocenters. The summed E-state index contributed by atoms with van der Waals surface area (Å²) in [6, 6.07) is 0. The van der Waals surface area contributed by atoms with Crippen molar-refractivity contribution in [1.29, 1.82) is 0 Å². The third-order valence-electron chi connectivity index (χ3n) is 4.68. The topological polar surface area (TPSA) is 64.4 Å². The molecule has 5 nitrogen and oxygen atoms in total. The highest BCUT2D eigenvalue weighted by atomic mass is 79.9. The van der Waals surface area contributed by atoms with Gasteiger partial charge in [0, 0.05) is 13.0 Å². The van der Waals surface area contributed by atoms with E-state index in [1.54, 1.807) is 0 Å². The zero-order valence-electron chi connectivity index (χ0n) is 11.7. The smallest absolute Gasteiger partial charge is 0.312 e. The van der Waals surface area contributed by atoms with Gasteiger partial charge in [-0.3, -0.25) is 9.48 Å². The van der Waals surface area contributed by atoms with Crippen molar-refractivity contribution in [2.24, 2.45) is 5.41 Å². The summed E-state index contributed by atoms with van der Waals surface area (Å²) in [5.41, 5.74) is 1.10. The zero-order valence-corrected chi connectivity index (χ0v) is 13.3. The summed E-state index contributed by atoms with van der Waals surface area (Å²) in [7, 11) is 0. The van der Waals surface area contributed by atoms with Crippen molar-refractivity contribution < 1.29 is 14.6 Å². The number of fused-ring (bicyclic) bond motifs is 2. The number of aryl methyl sites for hydroxylation is 2. The van der Waals surface area contributed by atoms with Crippen molar-refractivity contribution in [2.75, 3.05) is 0 Å². The van der Waals surface area contributed by atoms with Gasteiger partial charge in [-0.25, -0.2) is 0 Å². The van der Waals surface area contributed by atoms with Crippen LogP contribution in [0.25, 0.3) is 0 Å². The van der Waals surface area contributed by atoms with E-state index in [4.69, 9.17) is 4.74 Å². The lowest BCUT2D eigenvalue weighted by Crippen LogP contribution is -2.42. The molecular weight excluding hydrogens is 324 g/mol. The van der Waals surface area contributed by atoms with E-state index in [0.717, 1.165) is 35.2 Å². The summed E-state index contributed by atoms with van der Waals surface area (Å²) < 4.78 is 8.65. The molecule has 0 aliphatic carbocycles. The average molecular weight is 343 g/mol. The summed E-state index contributed by atoms with van der Waals surface area (Å²) in [6.45, 7) is 4.70. The van der Waals surface area contributed by atoms with Crippen LogP contribution in [-0.2, 0) is 22.5 Å². The second-order valence-corrected chi connectivity index (χ2v) is 6.62. The highest BCUT2D eigenvalue weighted by molar-refractivity contribution is 9.10. The molecule has 1 N–H and O–H groups in total. The average Bonchev–Trinajstić information content (AvgIpc) is 3.08. The molecule has 2 bridgehead atoms. The summed E-state index contributed by atoms with van der Waals surface area (Å²) >= 11 is 3.56. The Morgan fingerprint density at radius 1 is 1.60 bits per heavy atom. The third kappa shape index (κ3) is 1.92. The zero-order chi connectivity index (χ0) is 14.5. The second kappa shape index (κ2) is 4.84. The number of carbonyl (C=O) groups is 1. The van der Waals surface area contributed by atoms with Crippen LogP contribution < -0.4 is 0 Å². The van der Waals surface area contributed by atoms with Gasteiger partial charge in [0.1, 0.15) is 5.41 Å². The van der Waals surface area contributed by atoms with E-state index < -0.39 is 11.4 Å². The van der Waals surface area contributed by atoms with Crippen molar-refractivity contribution >= 4 is 21.9 Å². The van der Waals surface area contributed by atoms with E-state index in [1.165, 1.54) is 0 Å². The fraction of sp³-hybridized carbons (Fsp3) is 0.714. The molecule has 2 aliphatic heterocycles. The van der Waals surface area contributed by atoms with Crippen LogP contribution in [0.5, 0.6) is 0 Å². The molecule has 6 heteroatoms. The standard InChI is InChI=1S/C14H19BrN2O3/c1-3-17-10(12(15)8(2)16-17)7-14(13(18)19)6-9-4-5-11(14)20-9/h9,11H,3-7H2,1-2H3,(H,18,19). The van der Waals surface area contributed by atoms with Crippen molar-refractivity contribution in [3.05, 3.63) is 15.9 Å². The van der Waals surface area contributed by atoms with Gasteiger partial charge < -0.3 is 9.84 Å². The van der Waals surface area contributed by atoms with Gasteiger partial charge in [0.2, 0.25) is 0 Å². The number of aromatic nitrogens is 2. The fourth-order valence-electron chi connectivity index (χ4n) is 3.62. The van der Waals surface area contributed by atoms with Crippen LogP contribution in [0.15, 0.2) is 4.47 Å². The molecule has 0 saturated carbocycles. The number of rotatable bonds is 4. The van der Waals surface area contributed by atoms with E-state index in [-0.39, 0.29) is 12.2 Å². The molecule has 3 atom stereocenters. The molecule has 20 heavy (non-hydrogen) atoms. The molecule has 0 radical (unpaired) electrons. The second-order valence-electron chi connectivity index (χ2n) is 5.83. The Bertz CT molecular complexity index is 557. The molecule has 2 fully saturated rings. The minimum absolute atomic E-state index is 0.119. The molecule has 2 aliphatic rings. The number of nitrogens with zero attached hydrogens (tertiary/aromatic N) is 2. The van der Waals surface area contributed by atoms with E-state index in [1.807, 2.05) is 18.5 Å². The largest absolute Gasteiger partial charge is 0.481 e. The lowest BCUT2D eigenvalue weighted by atomic mass is 9.71. The minimum atomic E-state index is -0.787. The Labute approximate surface area is 126 Å². The van der Waals surface area contributed by atoms with E-state index in [0.29, 0.717) is 12.8 Å². The predicted molar refractivity (Wildman–Crippen MR) is 76.6 cm³/mol. The van der Waals surface area contributed by atoms with Crippen molar-refractivity contribution in [1.82, 2.24) is 9.78 Å². The van der Waals surface area contributed by atoms with Crippen LogP contribution in [-0.4, -0.2) is 33.1 Å². The third-order valence-corrected chi connectivity index (χ3v) is 5.71. The highest BCUT2D eigenvalue weighted by Gasteiger charge is 2.57. The molecule has 3 rings (SSSR count). The Kier molecular flexibility index (Phi) is 3.41. The van der Waals surface area contributed by atoms with Crippen LogP contribution in [0.3, 0.4) is 0 Å². The highest BCUT2D eigenvalue weighted by Crippen LogP contribution is 2.50. The van der Waals surface area contributed by atoms with Crippen LogP contribution in [0.2, 0.25) is 0 Å². The number of halogens is 1. The first-order valence-corrected chi connectivity index (χ1v) is 7.88. The van der Waals surface area contributed by atoms with Gasteiger partial charge in [-0.15, -0.1) is 0 Å².